The Hall–Kier alpha value is -0.870. The molecule has 0 radical (unpaired) electrons. The molecule has 1 aromatic heterocycles. The first kappa shape index (κ1) is 15.0. The number of hydrogen-bond acceptors (Lipinski definition) is 3. The Bertz CT molecular complexity index is 446. The van der Waals surface area contributed by atoms with Crippen LogP contribution in [0, 0.1) is 0 Å². The number of aromatic nitrogens is 2. The highest BCUT2D eigenvalue weighted by Gasteiger charge is 2.25. The molecule has 1 aromatic rings. The highest BCUT2D eigenvalue weighted by atomic mass is 15.3. The molecule has 1 aliphatic carbocycles. The third-order valence-electron chi connectivity index (χ3n) is 5.16. The van der Waals surface area contributed by atoms with Crippen LogP contribution in [0.3, 0.4) is 0 Å². The van der Waals surface area contributed by atoms with Gasteiger partial charge >= 0.3 is 0 Å². The minimum absolute atomic E-state index is 0.503. The van der Waals surface area contributed by atoms with Gasteiger partial charge in [0.15, 0.2) is 0 Å². The van der Waals surface area contributed by atoms with E-state index in [1.165, 1.54) is 69.2 Å². The lowest BCUT2D eigenvalue weighted by atomic mass is 9.92. The lowest BCUT2D eigenvalue weighted by Gasteiger charge is -2.29. The van der Waals surface area contributed by atoms with Gasteiger partial charge < -0.3 is 10.6 Å². The fraction of sp³-hybridized carbons (Fsp3) is 0.824. The Kier molecular flexibility index (Phi) is 4.96. The Labute approximate surface area is 128 Å². The first-order chi connectivity index (χ1) is 10.2. The summed E-state index contributed by atoms with van der Waals surface area (Å²) in [4.78, 5) is 0. The number of rotatable bonds is 4. The summed E-state index contributed by atoms with van der Waals surface area (Å²) in [6.45, 7) is 3.55. The highest BCUT2D eigenvalue weighted by Crippen LogP contribution is 2.29. The van der Waals surface area contributed by atoms with Gasteiger partial charge in [0.25, 0.3) is 0 Å². The van der Waals surface area contributed by atoms with Crippen LogP contribution in [-0.2, 0) is 13.5 Å². The molecule has 0 bridgehead atoms. The lowest BCUT2D eigenvalue weighted by Crippen LogP contribution is -2.39. The molecule has 1 aliphatic heterocycles. The summed E-state index contributed by atoms with van der Waals surface area (Å²) < 4.78 is 2.06. The van der Waals surface area contributed by atoms with Crippen molar-refractivity contribution in [3.05, 3.63) is 17.5 Å². The summed E-state index contributed by atoms with van der Waals surface area (Å²) in [7, 11) is 2.07. The van der Waals surface area contributed by atoms with Crippen LogP contribution in [0.25, 0.3) is 0 Å². The molecule has 3 rings (SSSR count). The van der Waals surface area contributed by atoms with Gasteiger partial charge in [-0.15, -0.1) is 0 Å². The van der Waals surface area contributed by atoms with Gasteiger partial charge in [0.2, 0.25) is 0 Å². The van der Waals surface area contributed by atoms with Crippen molar-refractivity contribution in [2.75, 3.05) is 6.54 Å². The summed E-state index contributed by atoms with van der Waals surface area (Å²) in [5.74, 6) is 0. The molecule has 4 heteroatoms. The van der Waals surface area contributed by atoms with E-state index in [1.54, 1.807) is 0 Å². The van der Waals surface area contributed by atoms with Crippen LogP contribution in [0.4, 0.5) is 0 Å². The Morgan fingerprint density at radius 3 is 3.14 bits per heavy atom. The van der Waals surface area contributed by atoms with Gasteiger partial charge in [-0.05, 0) is 52.0 Å². The third-order valence-corrected chi connectivity index (χ3v) is 5.16. The normalized spacial score (nSPS) is 27.9. The fourth-order valence-corrected chi connectivity index (χ4v) is 4.02. The molecule has 0 spiro atoms. The maximum Gasteiger partial charge on any atom is 0.0540 e. The van der Waals surface area contributed by atoms with Crippen molar-refractivity contribution in [3.8, 4) is 0 Å². The first-order valence-electron chi connectivity index (χ1n) is 8.74. The molecule has 0 amide bonds. The number of aryl methyl sites for hydroxylation is 1. The van der Waals surface area contributed by atoms with Crippen LogP contribution < -0.4 is 10.6 Å². The van der Waals surface area contributed by atoms with E-state index in [2.05, 4.69) is 40.6 Å². The van der Waals surface area contributed by atoms with Crippen molar-refractivity contribution in [1.29, 1.82) is 0 Å². The highest BCUT2D eigenvalue weighted by molar-refractivity contribution is 5.24. The molecular formula is C17H30N4. The van der Waals surface area contributed by atoms with E-state index in [0.717, 1.165) is 0 Å². The van der Waals surface area contributed by atoms with E-state index >= 15 is 0 Å². The summed E-state index contributed by atoms with van der Waals surface area (Å²) in [6, 6.07) is 1.77. The van der Waals surface area contributed by atoms with Crippen molar-refractivity contribution < 1.29 is 0 Å². The van der Waals surface area contributed by atoms with Gasteiger partial charge in [0, 0.05) is 36.4 Å². The molecule has 3 unspecified atom stereocenters. The van der Waals surface area contributed by atoms with E-state index in [9.17, 15) is 0 Å². The molecule has 21 heavy (non-hydrogen) atoms. The first-order valence-corrected chi connectivity index (χ1v) is 8.74. The van der Waals surface area contributed by atoms with E-state index in [-0.39, 0.29) is 0 Å². The molecule has 4 nitrogen and oxygen atoms in total. The molecule has 118 valence electrons. The van der Waals surface area contributed by atoms with E-state index < -0.39 is 0 Å². The summed E-state index contributed by atoms with van der Waals surface area (Å²) in [5, 5.41) is 12.0. The number of nitrogens with zero attached hydrogens (tertiary/aromatic N) is 2. The van der Waals surface area contributed by atoms with Crippen LogP contribution >= 0.6 is 0 Å². The average molecular weight is 290 g/mol. The van der Waals surface area contributed by atoms with Crippen LogP contribution in [-0.4, -0.2) is 28.4 Å². The van der Waals surface area contributed by atoms with Crippen LogP contribution in [0.2, 0.25) is 0 Å². The second-order valence-electron chi connectivity index (χ2n) is 6.92. The average Bonchev–Trinajstić information content (AvgIpc) is 2.69. The van der Waals surface area contributed by atoms with Crippen molar-refractivity contribution in [2.45, 2.75) is 76.4 Å². The van der Waals surface area contributed by atoms with Gasteiger partial charge in [0.1, 0.15) is 0 Å². The summed E-state index contributed by atoms with van der Waals surface area (Å²) in [6.07, 6.45) is 12.5. The van der Waals surface area contributed by atoms with E-state index in [0.29, 0.717) is 18.1 Å². The maximum atomic E-state index is 4.45. The number of hydrogen-bond donors (Lipinski definition) is 2. The minimum Gasteiger partial charge on any atom is -0.314 e. The smallest absolute Gasteiger partial charge is 0.0540 e. The second-order valence-corrected chi connectivity index (χ2v) is 6.92. The number of nitrogens with one attached hydrogen (secondary N) is 2. The summed E-state index contributed by atoms with van der Waals surface area (Å²) >= 11 is 0. The zero-order valence-electron chi connectivity index (χ0n) is 13.6. The van der Waals surface area contributed by atoms with E-state index in [4.69, 9.17) is 0 Å². The van der Waals surface area contributed by atoms with Crippen molar-refractivity contribution in [1.82, 2.24) is 20.4 Å². The SMILES string of the molecule is CC(CC1CCCCCN1)NC1CCCc2c1cnn2C. The van der Waals surface area contributed by atoms with Gasteiger partial charge in [0.05, 0.1) is 6.20 Å². The van der Waals surface area contributed by atoms with Crippen molar-refractivity contribution in [2.24, 2.45) is 7.05 Å². The Morgan fingerprint density at radius 2 is 2.24 bits per heavy atom. The molecule has 0 saturated carbocycles. The van der Waals surface area contributed by atoms with Crippen molar-refractivity contribution in [3.63, 3.8) is 0 Å². The molecule has 3 atom stereocenters. The van der Waals surface area contributed by atoms with Gasteiger partial charge in [-0.2, -0.15) is 5.10 Å². The Morgan fingerprint density at radius 1 is 1.33 bits per heavy atom. The van der Waals surface area contributed by atoms with Crippen LogP contribution in [0.5, 0.6) is 0 Å². The zero-order valence-corrected chi connectivity index (χ0v) is 13.6. The molecule has 1 fully saturated rings. The molecule has 2 heterocycles. The van der Waals surface area contributed by atoms with E-state index in [1.807, 2.05) is 0 Å². The predicted octanol–water partition coefficient (Wildman–Crippen LogP) is 2.70. The van der Waals surface area contributed by atoms with Gasteiger partial charge in [-0.3, -0.25) is 4.68 Å². The standard InChI is InChI=1S/C17H30N4/c1-13(11-14-7-4-3-5-10-18-14)20-16-8-6-9-17-15(16)12-19-21(17)2/h12-14,16,18,20H,3-11H2,1-2H3. The third kappa shape index (κ3) is 3.67. The quantitative estimate of drug-likeness (QED) is 0.896. The Balaban J connectivity index is 1.56. The minimum atomic E-state index is 0.503. The van der Waals surface area contributed by atoms with Gasteiger partial charge in [-0.25, -0.2) is 0 Å². The lowest BCUT2D eigenvalue weighted by molar-refractivity contribution is 0.351. The maximum absolute atomic E-state index is 4.45. The van der Waals surface area contributed by atoms with Crippen molar-refractivity contribution >= 4 is 0 Å². The summed E-state index contributed by atoms with van der Waals surface area (Å²) in [5.41, 5.74) is 2.86. The molecular weight excluding hydrogens is 260 g/mol. The van der Waals surface area contributed by atoms with Crippen LogP contribution in [0.1, 0.15) is 69.2 Å². The largest absolute Gasteiger partial charge is 0.314 e. The monoisotopic (exact) mass is 290 g/mol. The topological polar surface area (TPSA) is 41.9 Å². The zero-order chi connectivity index (χ0) is 14.7. The molecule has 1 saturated heterocycles. The molecule has 2 aliphatic rings. The van der Waals surface area contributed by atoms with Crippen LogP contribution in [0.15, 0.2) is 6.20 Å². The fourth-order valence-electron chi connectivity index (χ4n) is 4.02. The molecule has 2 N–H and O–H groups in total. The van der Waals surface area contributed by atoms with Gasteiger partial charge in [-0.1, -0.05) is 12.8 Å². The predicted molar refractivity (Wildman–Crippen MR) is 86.4 cm³/mol. The number of fused-ring (bicyclic) bond motifs is 1. The molecule has 0 aromatic carbocycles. The second kappa shape index (κ2) is 6.93.